The standard InChI is InChI=1S/C14H19N3O2S/c1-4-5-10(3)16-11(18)6-17-8-15-12-9(2)7-20-13(12)14(17)19/h7-8,10H,4-6H2,1-3H3,(H,16,18). The fraction of sp³-hybridized carbons (Fsp3) is 0.500. The second-order valence-electron chi connectivity index (χ2n) is 5.03. The molecular formula is C14H19N3O2S. The number of aromatic nitrogens is 2. The van der Waals surface area contributed by atoms with Gasteiger partial charge in [0.05, 0.1) is 11.8 Å². The van der Waals surface area contributed by atoms with Gasteiger partial charge in [-0.05, 0) is 31.2 Å². The quantitative estimate of drug-likeness (QED) is 0.918. The molecule has 1 atom stereocenters. The number of hydrogen-bond acceptors (Lipinski definition) is 4. The number of amides is 1. The minimum Gasteiger partial charge on any atom is -0.352 e. The number of aryl methyl sites for hydroxylation is 1. The molecule has 1 unspecified atom stereocenters. The summed E-state index contributed by atoms with van der Waals surface area (Å²) < 4.78 is 1.98. The predicted octanol–water partition coefficient (Wildman–Crippen LogP) is 2.07. The van der Waals surface area contributed by atoms with Crippen molar-refractivity contribution in [3.05, 3.63) is 27.6 Å². The van der Waals surface area contributed by atoms with Gasteiger partial charge in [-0.3, -0.25) is 14.2 Å². The third-order valence-corrected chi connectivity index (χ3v) is 4.24. The van der Waals surface area contributed by atoms with Gasteiger partial charge in [0, 0.05) is 6.04 Å². The summed E-state index contributed by atoms with van der Waals surface area (Å²) in [5.41, 5.74) is 1.58. The predicted molar refractivity (Wildman–Crippen MR) is 81.1 cm³/mol. The molecule has 2 aromatic rings. The van der Waals surface area contributed by atoms with Crippen LogP contribution in [0.3, 0.4) is 0 Å². The Labute approximate surface area is 121 Å². The average Bonchev–Trinajstić information content (AvgIpc) is 2.75. The van der Waals surface area contributed by atoms with Gasteiger partial charge in [0.25, 0.3) is 5.56 Å². The van der Waals surface area contributed by atoms with Crippen LogP contribution in [-0.2, 0) is 11.3 Å². The number of nitrogens with one attached hydrogen (secondary N) is 1. The molecule has 6 heteroatoms. The van der Waals surface area contributed by atoms with Crippen LogP contribution in [-0.4, -0.2) is 21.5 Å². The van der Waals surface area contributed by atoms with E-state index in [1.807, 2.05) is 19.2 Å². The zero-order valence-corrected chi connectivity index (χ0v) is 12.8. The monoisotopic (exact) mass is 293 g/mol. The normalized spacial score (nSPS) is 12.6. The van der Waals surface area contributed by atoms with Crippen LogP contribution in [0.5, 0.6) is 0 Å². The molecule has 0 bridgehead atoms. The van der Waals surface area contributed by atoms with E-state index < -0.39 is 0 Å². The fourth-order valence-electron chi connectivity index (χ4n) is 2.15. The highest BCUT2D eigenvalue weighted by Gasteiger charge is 2.12. The molecule has 0 aliphatic carbocycles. The summed E-state index contributed by atoms with van der Waals surface area (Å²) in [6.45, 7) is 5.99. The Hall–Kier alpha value is -1.69. The number of fused-ring (bicyclic) bond motifs is 1. The molecular weight excluding hydrogens is 274 g/mol. The molecule has 2 rings (SSSR count). The van der Waals surface area contributed by atoms with Gasteiger partial charge in [0.15, 0.2) is 0 Å². The van der Waals surface area contributed by atoms with E-state index in [9.17, 15) is 9.59 Å². The SMILES string of the molecule is CCCC(C)NC(=O)Cn1cnc2c(C)csc2c1=O. The molecule has 1 N–H and O–H groups in total. The molecule has 2 aromatic heterocycles. The zero-order chi connectivity index (χ0) is 14.7. The van der Waals surface area contributed by atoms with Gasteiger partial charge >= 0.3 is 0 Å². The maximum Gasteiger partial charge on any atom is 0.271 e. The van der Waals surface area contributed by atoms with E-state index in [2.05, 4.69) is 17.2 Å². The number of nitrogens with zero attached hydrogens (tertiary/aromatic N) is 2. The van der Waals surface area contributed by atoms with Crippen molar-refractivity contribution in [2.24, 2.45) is 0 Å². The van der Waals surface area contributed by atoms with Crippen molar-refractivity contribution in [1.29, 1.82) is 0 Å². The van der Waals surface area contributed by atoms with Gasteiger partial charge in [-0.15, -0.1) is 11.3 Å². The molecule has 20 heavy (non-hydrogen) atoms. The van der Waals surface area contributed by atoms with E-state index in [1.165, 1.54) is 22.2 Å². The van der Waals surface area contributed by atoms with E-state index in [-0.39, 0.29) is 24.1 Å². The maximum absolute atomic E-state index is 12.2. The lowest BCUT2D eigenvalue weighted by molar-refractivity contribution is -0.122. The molecule has 2 heterocycles. The lowest BCUT2D eigenvalue weighted by Crippen LogP contribution is -2.37. The molecule has 0 aromatic carbocycles. The summed E-state index contributed by atoms with van der Waals surface area (Å²) in [7, 11) is 0. The second kappa shape index (κ2) is 6.17. The second-order valence-corrected chi connectivity index (χ2v) is 5.91. The van der Waals surface area contributed by atoms with Crippen LogP contribution in [0.4, 0.5) is 0 Å². The number of thiophene rings is 1. The zero-order valence-electron chi connectivity index (χ0n) is 12.0. The number of carbonyl (C=O) groups excluding carboxylic acids is 1. The van der Waals surface area contributed by atoms with Crippen LogP contribution < -0.4 is 10.9 Å². The van der Waals surface area contributed by atoms with Crippen LogP contribution in [0.25, 0.3) is 10.2 Å². The topological polar surface area (TPSA) is 64.0 Å². The average molecular weight is 293 g/mol. The summed E-state index contributed by atoms with van der Waals surface area (Å²) in [6.07, 6.45) is 3.40. The number of carbonyl (C=O) groups is 1. The summed E-state index contributed by atoms with van der Waals surface area (Å²) >= 11 is 1.38. The largest absolute Gasteiger partial charge is 0.352 e. The molecule has 0 aliphatic heterocycles. The van der Waals surface area contributed by atoms with Gasteiger partial charge in [-0.25, -0.2) is 4.98 Å². The lowest BCUT2D eigenvalue weighted by atomic mass is 10.2. The van der Waals surface area contributed by atoms with E-state index in [0.29, 0.717) is 4.70 Å². The van der Waals surface area contributed by atoms with Crippen LogP contribution in [0.2, 0.25) is 0 Å². The Morgan fingerprint density at radius 1 is 1.55 bits per heavy atom. The summed E-state index contributed by atoms with van der Waals surface area (Å²) in [4.78, 5) is 28.4. The van der Waals surface area contributed by atoms with Crippen LogP contribution in [0.1, 0.15) is 32.3 Å². The van der Waals surface area contributed by atoms with Gasteiger partial charge in [0.2, 0.25) is 5.91 Å². The van der Waals surface area contributed by atoms with Crippen molar-refractivity contribution in [3.8, 4) is 0 Å². The first-order valence-corrected chi connectivity index (χ1v) is 7.63. The van der Waals surface area contributed by atoms with Gasteiger partial charge in [-0.2, -0.15) is 0 Å². The van der Waals surface area contributed by atoms with Crippen LogP contribution in [0.15, 0.2) is 16.5 Å². The Morgan fingerprint density at radius 2 is 2.30 bits per heavy atom. The first-order valence-electron chi connectivity index (χ1n) is 6.75. The molecule has 5 nitrogen and oxygen atoms in total. The number of hydrogen-bond donors (Lipinski definition) is 1. The van der Waals surface area contributed by atoms with Gasteiger partial charge in [-0.1, -0.05) is 13.3 Å². The molecule has 1 amide bonds. The maximum atomic E-state index is 12.2. The highest BCUT2D eigenvalue weighted by molar-refractivity contribution is 7.17. The third kappa shape index (κ3) is 3.07. The molecule has 0 fully saturated rings. The highest BCUT2D eigenvalue weighted by Crippen LogP contribution is 2.19. The smallest absolute Gasteiger partial charge is 0.271 e. The Bertz CT molecular complexity index is 675. The van der Waals surface area contributed by atoms with Crippen molar-refractivity contribution < 1.29 is 4.79 Å². The molecule has 0 radical (unpaired) electrons. The van der Waals surface area contributed by atoms with Gasteiger partial charge < -0.3 is 5.32 Å². The molecule has 0 saturated heterocycles. The van der Waals surface area contributed by atoms with Crippen molar-refractivity contribution in [1.82, 2.24) is 14.9 Å². The Morgan fingerprint density at radius 3 is 3.00 bits per heavy atom. The van der Waals surface area contributed by atoms with Crippen molar-refractivity contribution in [3.63, 3.8) is 0 Å². The Kier molecular flexibility index (Phi) is 4.54. The molecule has 0 saturated carbocycles. The van der Waals surface area contributed by atoms with E-state index in [4.69, 9.17) is 0 Å². The fourth-order valence-corrected chi connectivity index (χ4v) is 3.10. The Balaban J connectivity index is 2.16. The van der Waals surface area contributed by atoms with Crippen molar-refractivity contribution in [2.45, 2.75) is 46.2 Å². The minimum absolute atomic E-state index is 0.0206. The summed E-state index contributed by atoms with van der Waals surface area (Å²) in [6, 6.07) is 0.129. The highest BCUT2D eigenvalue weighted by atomic mass is 32.1. The first kappa shape index (κ1) is 14.7. The van der Waals surface area contributed by atoms with E-state index in [0.717, 1.165) is 23.9 Å². The van der Waals surface area contributed by atoms with E-state index >= 15 is 0 Å². The third-order valence-electron chi connectivity index (χ3n) is 3.17. The van der Waals surface area contributed by atoms with Gasteiger partial charge in [0.1, 0.15) is 11.2 Å². The van der Waals surface area contributed by atoms with Crippen LogP contribution in [0, 0.1) is 6.92 Å². The van der Waals surface area contributed by atoms with Crippen LogP contribution >= 0.6 is 11.3 Å². The number of rotatable bonds is 5. The first-order chi connectivity index (χ1) is 9.52. The van der Waals surface area contributed by atoms with Crippen molar-refractivity contribution in [2.75, 3.05) is 0 Å². The van der Waals surface area contributed by atoms with Crippen molar-refractivity contribution >= 4 is 27.5 Å². The molecule has 0 aliphatic rings. The summed E-state index contributed by atoms with van der Waals surface area (Å²) in [5, 5.41) is 4.80. The van der Waals surface area contributed by atoms with E-state index in [1.54, 1.807) is 0 Å². The molecule has 0 spiro atoms. The lowest BCUT2D eigenvalue weighted by Gasteiger charge is -2.13. The summed E-state index contributed by atoms with van der Waals surface area (Å²) in [5.74, 6) is -0.150. The molecule has 108 valence electrons. The minimum atomic E-state index is -0.150.